The zero-order valence-electron chi connectivity index (χ0n) is 13.3. The van der Waals surface area contributed by atoms with Crippen LogP contribution in [0.4, 0.5) is 0 Å². The maximum atomic E-state index is 5.43. The quantitative estimate of drug-likeness (QED) is 0.655. The average molecular weight is 320 g/mol. The predicted octanol–water partition coefficient (Wildman–Crippen LogP) is 3.43. The van der Waals surface area contributed by atoms with Gasteiger partial charge in [-0.15, -0.1) is 0 Å². The van der Waals surface area contributed by atoms with E-state index in [1.807, 2.05) is 0 Å². The topological polar surface area (TPSA) is 9.23 Å². The summed E-state index contributed by atoms with van der Waals surface area (Å²) in [6, 6.07) is 32.4. The molecule has 116 valence electrons. The third-order valence-corrected chi connectivity index (χ3v) is 8.04. The molecule has 0 aromatic heterocycles. The summed E-state index contributed by atoms with van der Waals surface area (Å²) < 4.78 is 5.43. The minimum atomic E-state index is -1.82. The zero-order chi connectivity index (χ0) is 16.0. The molecule has 0 fully saturated rings. The van der Waals surface area contributed by atoms with Gasteiger partial charge in [0.2, 0.25) is 0 Å². The van der Waals surface area contributed by atoms with Gasteiger partial charge in [0.05, 0.1) is 6.61 Å². The summed E-state index contributed by atoms with van der Waals surface area (Å²) in [5.41, 5.74) is 0. The van der Waals surface area contributed by atoms with Crippen LogP contribution in [-0.2, 0) is 4.74 Å². The average Bonchev–Trinajstić information content (AvgIpc) is 2.65. The Balaban J connectivity index is 2.36. The van der Waals surface area contributed by atoms with Gasteiger partial charge < -0.3 is 4.74 Å². The zero-order valence-corrected chi connectivity index (χ0v) is 14.2. The maximum Gasteiger partial charge on any atom is 0.0656 e. The lowest BCUT2D eigenvalue weighted by Crippen LogP contribution is -2.27. The summed E-state index contributed by atoms with van der Waals surface area (Å²) in [5.74, 6) is 2.37. The van der Waals surface area contributed by atoms with Crippen molar-refractivity contribution in [3.63, 3.8) is 0 Å². The Hall–Kier alpha value is -2.08. The van der Waals surface area contributed by atoms with Crippen LogP contribution in [0.5, 0.6) is 0 Å². The molecule has 0 heterocycles. The van der Waals surface area contributed by atoms with E-state index in [2.05, 4.69) is 96.8 Å². The van der Waals surface area contributed by atoms with Gasteiger partial charge in [-0.25, -0.2) is 0 Å². The number of methoxy groups -OCH3 is 1. The van der Waals surface area contributed by atoms with E-state index < -0.39 is 6.89 Å². The molecule has 0 unspecified atom stereocenters. The molecular formula is C21H21OP. The highest BCUT2D eigenvalue weighted by Crippen LogP contribution is 2.43. The summed E-state index contributed by atoms with van der Waals surface area (Å²) in [6.07, 6.45) is 0. The molecule has 0 N–H and O–H groups in total. The van der Waals surface area contributed by atoms with E-state index in [1.54, 1.807) is 7.11 Å². The van der Waals surface area contributed by atoms with Crippen LogP contribution in [0.25, 0.3) is 0 Å². The van der Waals surface area contributed by atoms with Crippen LogP contribution in [0.3, 0.4) is 0 Å². The van der Waals surface area contributed by atoms with Crippen molar-refractivity contribution >= 4 is 28.6 Å². The summed E-state index contributed by atoms with van der Waals surface area (Å²) in [6.45, 7) is -1.19. The largest absolute Gasteiger partial charge is 0.381 e. The van der Waals surface area contributed by atoms with Crippen molar-refractivity contribution in [3.05, 3.63) is 91.0 Å². The third-order valence-electron chi connectivity index (χ3n) is 4.01. The summed E-state index contributed by atoms with van der Waals surface area (Å²) >= 11 is 0. The molecule has 0 aliphatic heterocycles. The highest BCUT2D eigenvalue weighted by Gasteiger charge is 2.24. The van der Waals surface area contributed by atoms with Crippen LogP contribution in [0.1, 0.15) is 0 Å². The third kappa shape index (κ3) is 3.17. The van der Waals surface area contributed by atoms with Gasteiger partial charge in [0.25, 0.3) is 0 Å². The monoisotopic (exact) mass is 320 g/mol. The normalized spacial score (nSPS) is 11.2. The van der Waals surface area contributed by atoms with Crippen LogP contribution in [0, 0.1) is 0 Å². The number of rotatable bonds is 5. The van der Waals surface area contributed by atoms with Gasteiger partial charge in [0.15, 0.2) is 0 Å². The minimum Gasteiger partial charge on any atom is -0.381 e. The Kier molecular flexibility index (Phi) is 5.12. The second-order valence-electron chi connectivity index (χ2n) is 5.37. The Bertz CT molecular complexity index is 676. The molecule has 3 aromatic rings. The Labute approximate surface area is 138 Å². The van der Waals surface area contributed by atoms with Crippen molar-refractivity contribution in [2.75, 3.05) is 13.7 Å². The smallest absolute Gasteiger partial charge is 0.0656 e. The van der Waals surface area contributed by atoms with Crippen LogP contribution >= 0.6 is 6.89 Å². The second-order valence-corrected chi connectivity index (χ2v) is 8.73. The van der Waals surface area contributed by atoms with Gasteiger partial charge in [0, 0.05) is 7.11 Å². The second kappa shape index (κ2) is 7.46. The molecule has 0 bridgehead atoms. The molecule has 3 aromatic carbocycles. The van der Waals surface area contributed by atoms with Crippen LogP contribution in [0.15, 0.2) is 91.0 Å². The summed E-state index contributed by atoms with van der Waals surface area (Å²) in [4.78, 5) is 0. The highest BCUT2D eigenvalue weighted by molar-refractivity contribution is 7.94. The molecule has 0 aliphatic rings. The first-order valence-electron chi connectivity index (χ1n) is 7.77. The van der Waals surface area contributed by atoms with E-state index >= 15 is 0 Å². The van der Waals surface area contributed by atoms with Crippen molar-refractivity contribution in [2.45, 2.75) is 0 Å². The van der Waals surface area contributed by atoms with E-state index in [0.717, 1.165) is 0 Å². The molecule has 0 saturated carbocycles. The summed E-state index contributed by atoms with van der Waals surface area (Å²) in [5, 5.41) is 4.07. The van der Waals surface area contributed by atoms with Gasteiger partial charge >= 0.3 is 0 Å². The van der Waals surface area contributed by atoms with E-state index in [-0.39, 0.29) is 0 Å². The van der Waals surface area contributed by atoms with Crippen molar-refractivity contribution in [3.8, 4) is 0 Å². The Morgan fingerprint density at radius 1 is 0.652 bits per heavy atom. The first-order chi connectivity index (χ1) is 11.4. The first-order valence-corrected chi connectivity index (χ1v) is 9.62. The molecule has 23 heavy (non-hydrogen) atoms. The first kappa shape index (κ1) is 15.8. The van der Waals surface area contributed by atoms with E-state index in [9.17, 15) is 0 Å². The summed E-state index contributed by atoms with van der Waals surface area (Å²) in [7, 11) is 1.76. The molecule has 0 radical (unpaired) electrons. The van der Waals surface area contributed by atoms with Crippen LogP contribution in [0.2, 0.25) is 0 Å². The fourth-order valence-corrected chi connectivity index (χ4v) is 6.77. The molecule has 3 rings (SSSR count). The number of hydrogen-bond donors (Lipinski definition) is 0. The van der Waals surface area contributed by atoms with Crippen molar-refractivity contribution in [1.82, 2.24) is 0 Å². The van der Waals surface area contributed by atoms with E-state index in [4.69, 9.17) is 4.74 Å². The number of benzene rings is 3. The molecule has 0 amide bonds. The number of hydrogen-bond acceptors (Lipinski definition) is 1. The molecule has 0 aliphatic carbocycles. The van der Waals surface area contributed by atoms with Gasteiger partial charge in [-0.1, -0.05) is 91.0 Å². The molecule has 0 atom stereocenters. The Morgan fingerprint density at radius 3 is 1.30 bits per heavy atom. The predicted molar refractivity (Wildman–Crippen MR) is 103 cm³/mol. The molecule has 0 spiro atoms. The van der Waals surface area contributed by atoms with E-state index in [1.165, 1.54) is 15.9 Å². The minimum absolute atomic E-state index is 0.631. The van der Waals surface area contributed by atoms with E-state index in [0.29, 0.717) is 6.61 Å². The molecular weight excluding hydrogens is 299 g/mol. The van der Waals surface area contributed by atoms with Crippen LogP contribution < -0.4 is 15.9 Å². The van der Waals surface area contributed by atoms with Gasteiger partial charge in [-0.05, 0) is 28.6 Å². The molecule has 0 saturated heterocycles. The fraction of sp³-hybridized carbons (Fsp3) is 0.0952. The fourth-order valence-electron chi connectivity index (χ4n) is 2.94. The lowest BCUT2D eigenvalue weighted by atomic mass is 10.4. The number of ether oxygens (including phenoxy) is 1. The Morgan fingerprint density at radius 2 is 1.00 bits per heavy atom. The lowest BCUT2D eigenvalue weighted by molar-refractivity contribution is 0.249. The van der Waals surface area contributed by atoms with Crippen molar-refractivity contribution < 1.29 is 4.74 Å². The van der Waals surface area contributed by atoms with Crippen LogP contribution in [-0.4, -0.2) is 19.5 Å². The standard InChI is InChI=1S/C21H21OP/c1-22-17-18-23(19-11-5-2-6-12-19,20-13-7-3-8-14-20)21-15-9-4-10-16-21/h2-16,18H,17H2,1H3. The van der Waals surface area contributed by atoms with Crippen molar-refractivity contribution in [1.29, 1.82) is 0 Å². The molecule has 1 nitrogen and oxygen atoms in total. The van der Waals surface area contributed by atoms with Gasteiger partial charge in [-0.2, -0.15) is 0 Å². The SMILES string of the molecule is COCC=P(c1ccccc1)(c1ccccc1)c1ccccc1. The lowest BCUT2D eigenvalue weighted by Gasteiger charge is -2.28. The highest BCUT2D eigenvalue weighted by atomic mass is 31.2. The van der Waals surface area contributed by atoms with Gasteiger partial charge in [-0.3, -0.25) is 0 Å². The molecule has 2 heteroatoms. The van der Waals surface area contributed by atoms with Gasteiger partial charge in [0.1, 0.15) is 0 Å². The van der Waals surface area contributed by atoms with Crippen molar-refractivity contribution in [2.24, 2.45) is 0 Å². The maximum absolute atomic E-state index is 5.43.